The van der Waals surface area contributed by atoms with Crippen LogP contribution in [0.2, 0.25) is 10.0 Å². The van der Waals surface area contributed by atoms with Gasteiger partial charge in [0.05, 0.1) is 28.9 Å². The Balaban J connectivity index is 1.76. The highest BCUT2D eigenvalue weighted by Crippen LogP contribution is 2.29. The maximum Gasteiger partial charge on any atom is 0.343 e. The van der Waals surface area contributed by atoms with Crippen LogP contribution in [-0.4, -0.2) is 25.2 Å². The van der Waals surface area contributed by atoms with Crippen molar-refractivity contribution in [3.63, 3.8) is 0 Å². The van der Waals surface area contributed by atoms with Crippen molar-refractivity contribution in [1.29, 1.82) is 0 Å². The molecule has 2 rings (SSSR count). The minimum Gasteiger partial charge on any atom is -0.493 e. The molecule has 1 amide bonds. The van der Waals surface area contributed by atoms with Crippen molar-refractivity contribution in [2.24, 2.45) is 5.10 Å². The summed E-state index contributed by atoms with van der Waals surface area (Å²) >= 11 is 11.9. The van der Waals surface area contributed by atoms with Gasteiger partial charge in [-0.25, -0.2) is 10.2 Å². The fourth-order valence-electron chi connectivity index (χ4n) is 3.46. The first-order chi connectivity index (χ1) is 16.9. The molecule has 0 aromatic heterocycles. The van der Waals surface area contributed by atoms with Gasteiger partial charge in [-0.2, -0.15) is 5.10 Å². The van der Waals surface area contributed by atoms with E-state index < -0.39 is 5.97 Å². The number of halogens is 2. The van der Waals surface area contributed by atoms with Crippen LogP contribution in [-0.2, 0) is 4.79 Å². The maximum atomic E-state index is 12.4. The zero-order valence-electron chi connectivity index (χ0n) is 20.4. The van der Waals surface area contributed by atoms with Crippen LogP contribution < -0.4 is 14.9 Å². The Bertz CT molecular complexity index is 995. The van der Waals surface area contributed by atoms with Crippen molar-refractivity contribution in [2.45, 2.75) is 71.1 Å². The van der Waals surface area contributed by atoms with Crippen LogP contribution in [0.1, 0.15) is 87.1 Å². The van der Waals surface area contributed by atoms with Crippen LogP contribution >= 0.6 is 23.2 Å². The fourth-order valence-corrected chi connectivity index (χ4v) is 3.76. The molecular weight excluding hydrogens is 487 g/mol. The van der Waals surface area contributed by atoms with Crippen molar-refractivity contribution in [3.8, 4) is 11.5 Å². The van der Waals surface area contributed by atoms with E-state index in [1.165, 1.54) is 76.5 Å². The number of esters is 1. The van der Waals surface area contributed by atoms with Gasteiger partial charge in [0.15, 0.2) is 11.5 Å². The molecule has 0 saturated heterocycles. The topological polar surface area (TPSA) is 77.0 Å². The Morgan fingerprint density at radius 1 is 0.886 bits per heavy atom. The van der Waals surface area contributed by atoms with Gasteiger partial charge in [-0.05, 0) is 48.4 Å². The van der Waals surface area contributed by atoms with E-state index in [0.717, 1.165) is 12.8 Å². The standard InChI is InChI=1S/C27H34Cl2N2O4/c1-3-4-5-6-7-8-9-10-11-12-26(32)31-30-19-20-13-16-24(25(17-20)34-2)35-27(33)21-14-15-22(28)23(29)18-21/h13-19H,3-12H2,1-2H3,(H,31,32). The second-order valence-corrected chi connectivity index (χ2v) is 9.11. The van der Waals surface area contributed by atoms with Crippen LogP contribution in [0.25, 0.3) is 0 Å². The number of nitrogens with zero attached hydrogens (tertiary/aromatic N) is 1. The van der Waals surface area contributed by atoms with E-state index in [-0.39, 0.29) is 22.2 Å². The lowest BCUT2D eigenvalue weighted by Gasteiger charge is -2.10. The fraction of sp³-hybridized carbons (Fsp3) is 0.444. The molecule has 35 heavy (non-hydrogen) atoms. The summed E-state index contributed by atoms with van der Waals surface area (Å²) in [6.45, 7) is 2.22. The number of carbonyl (C=O) groups excluding carboxylic acids is 2. The molecule has 0 bridgehead atoms. The molecule has 0 aliphatic carbocycles. The van der Waals surface area contributed by atoms with Gasteiger partial charge in [-0.15, -0.1) is 0 Å². The van der Waals surface area contributed by atoms with Crippen molar-refractivity contribution in [1.82, 2.24) is 5.43 Å². The number of ether oxygens (including phenoxy) is 2. The van der Waals surface area contributed by atoms with Gasteiger partial charge in [-0.3, -0.25) is 4.79 Å². The van der Waals surface area contributed by atoms with Gasteiger partial charge in [0.2, 0.25) is 5.91 Å². The largest absolute Gasteiger partial charge is 0.493 e. The molecule has 0 atom stereocenters. The van der Waals surface area contributed by atoms with E-state index in [1.807, 2.05) is 0 Å². The lowest BCUT2D eigenvalue weighted by atomic mass is 10.1. The summed E-state index contributed by atoms with van der Waals surface area (Å²) in [4.78, 5) is 24.4. The molecule has 2 aromatic carbocycles. The Kier molecular flexibility index (Phi) is 13.2. The number of carbonyl (C=O) groups is 2. The number of benzene rings is 2. The number of methoxy groups -OCH3 is 1. The number of unbranched alkanes of at least 4 members (excludes halogenated alkanes) is 8. The second-order valence-electron chi connectivity index (χ2n) is 8.30. The summed E-state index contributed by atoms with van der Waals surface area (Å²) in [5.41, 5.74) is 3.50. The lowest BCUT2D eigenvalue weighted by Crippen LogP contribution is -2.16. The molecule has 0 spiro atoms. The molecular formula is C27H34Cl2N2O4. The second kappa shape index (κ2) is 16.2. The molecule has 0 radical (unpaired) electrons. The Hall–Kier alpha value is -2.57. The number of amides is 1. The van der Waals surface area contributed by atoms with E-state index in [1.54, 1.807) is 18.2 Å². The summed E-state index contributed by atoms with van der Waals surface area (Å²) in [5, 5.41) is 4.63. The SMILES string of the molecule is CCCCCCCCCCCC(=O)NN=Cc1ccc(OC(=O)c2ccc(Cl)c(Cl)c2)c(OC)c1. The Morgan fingerprint density at radius 2 is 1.57 bits per heavy atom. The summed E-state index contributed by atoms with van der Waals surface area (Å²) < 4.78 is 10.8. The van der Waals surface area contributed by atoms with E-state index in [2.05, 4.69) is 17.5 Å². The molecule has 190 valence electrons. The Labute approximate surface area is 218 Å². The average Bonchev–Trinajstić information content (AvgIpc) is 2.85. The average molecular weight is 521 g/mol. The first kappa shape index (κ1) is 28.7. The first-order valence-electron chi connectivity index (χ1n) is 12.1. The van der Waals surface area contributed by atoms with Gasteiger partial charge in [0, 0.05) is 6.42 Å². The monoisotopic (exact) mass is 520 g/mol. The molecule has 0 aliphatic heterocycles. The van der Waals surface area contributed by atoms with Crippen molar-refractivity contribution in [3.05, 3.63) is 57.6 Å². The van der Waals surface area contributed by atoms with Crippen molar-refractivity contribution in [2.75, 3.05) is 7.11 Å². The van der Waals surface area contributed by atoms with Gasteiger partial charge in [0.25, 0.3) is 0 Å². The van der Waals surface area contributed by atoms with Crippen molar-refractivity contribution < 1.29 is 19.1 Å². The number of hydrazone groups is 1. The number of rotatable bonds is 15. The molecule has 0 saturated carbocycles. The van der Waals surface area contributed by atoms with Gasteiger partial charge >= 0.3 is 5.97 Å². The third kappa shape index (κ3) is 10.7. The summed E-state index contributed by atoms with van der Waals surface area (Å²) in [5.74, 6) is -0.103. The first-order valence-corrected chi connectivity index (χ1v) is 12.9. The maximum absolute atomic E-state index is 12.4. The summed E-state index contributed by atoms with van der Waals surface area (Å²) in [6.07, 6.45) is 12.8. The van der Waals surface area contributed by atoms with Crippen LogP contribution in [0.15, 0.2) is 41.5 Å². The van der Waals surface area contributed by atoms with Gasteiger partial charge < -0.3 is 9.47 Å². The van der Waals surface area contributed by atoms with E-state index in [4.69, 9.17) is 32.7 Å². The van der Waals surface area contributed by atoms with Crippen LogP contribution in [0.5, 0.6) is 11.5 Å². The predicted molar refractivity (Wildman–Crippen MR) is 142 cm³/mol. The quantitative estimate of drug-likeness (QED) is 0.0861. The summed E-state index contributed by atoms with van der Waals surface area (Å²) in [7, 11) is 1.47. The molecule has 1 N–H and O–H groups in total. The highest BCUT2D eigenvalue weighted by molar-refractivity contribution is 6.42. The molecule has 0 heterocycles. The lowest BCUT2D eigenvalue weighted by molar-refractivity contribution is -0.121. The minimum atomic E-state index is -0.591. The molecule has 8 heteroatoms. The van der Waals surface area contributed by atoms with Crippen LogP contribution in [0, 0.1) is 0 Å². The van der Waals surface area contributed by atoms with Crippen LogP contribution in [0.4, 0.5) is 0 Å². The van der Waals surface area contributed by atoms with Crippen LogP contribution in [0.3, 0.4) is 0 Å². The van der Waals surface area contributed by atoms with E-state index in [9.17, 15) is 9.59 Å². The number of nitrogens with one attached hydrogen (secondary N) is 1. The van der Waals surface area contributed by atoms with E-state index >= 15 is 0 Å². The number of hydrogen-bond donors (Lipinski definition) is 1. The molecule has 0 aliphatic rings. The molecule has 0 fully saturated rings. The third-order valence-electron chi connectivity index (χ3n) is 5.46. The predicted octanol–water partition coefficient (Wildman–Crippen LogP) is 7.59. The molecule has 0 unspecified atom stereocenters. The highest BCUT2D eigenvalue weighted by atomic mass is 35.5. The number of hydrogen-bond acceptors (Lipinski definition) is 5. The highest BCUT2D eigenvalue weighted by Gasteiger charge is 2.14. The third-order valence-corrected chi connectivity index (χ3v) is 6.19. The molecule has 6 nitrogen and oxygen atoms in total. The molecule has 2 aromatic rings. The summed E-state index contributed by atoms with van der Waals surface area (Å²) in [6, 6.07) is 9.46. The zero-order chi connectivity index (χ0) is 25.5. The van der Waals surface area contributed by atoms with Gasteiger partial charge in [0.1, 0.15) is 0 Å². The smallest absolute Gasteiger partial charge is 0.343 e. The van der Waals surface area contributed by atoms with Crippen molar-refractivity contribution >= 4 is 41.3 Å². The van der Waals surface area contributed by atoms with E-state index in [0.29, 0.717) is 22.8 Å². The normalized spacial score (nSPS) is 11.0. The Morgan fingerprint density at radius 3 is 2.23 bits per heavy atom. The van der Waals surface area contributed by atoms with Gasteiger partial charge in [-0.1, -0.05) is 81.5 Å². The zero-order valence-corrected chi connectivity index (χ0v) is 22.0. The minimum absolute atomic E-state index is 0.108.